The van der Waals surface area contributed by atoms with Crippen LogP contribution in [0.25, 0.3) is 17.1 Å². The first kappa shape index (κ1) is 20.3. The molecule has 2 N–H and O–H groups in total. The van der Waals surface area contributed by atoms with Gasteiger partial charge in [-0.2, -0.15) is 10.2 Å². The molecular formula is C22H24N8O. The van der Waals surface area contributed by atoms with E-state index >= 15 is 0 Å². The molecule has 9 heteroatoms. The van der Waals surface area contributed by atoms with Crippen molar-refractivity contribution in [2.75, 3.05) is 18.4 Å². The van der Waals surface area contributed by atoms with Crippen molar-refractivity contribution in [1.82, 2.24) is 35.1 Å². The molecule has 158 valence electrons. The average molecular weight is 416 g/mol. The maximum atomic E-state index is 12.5. The topological polar surface area (TPSA) is 103 Å². The number of nitrogens with one attached hydrogen (secondary N) is 2. The van der Waals surface area contributed by atoms with Gasteiger partial charge in [-0.05, 0) is 38.1 Å². The van der Waals surface area contributed by atoms with E-state index in [1.54, 1.807) is 22.5 Å². The molecule has 0 bridgehead atoms. The van der Waals surface area contributed by atoms with Crippen molar-refractivity contribution in [2.24, 2.45) is 7.05 Å². The number of aromatic nitrogens is 6. The first-order chi connectivity index (χ1) is 15.0. The van der Waals surface area contributed by atoms with Gasteiger partial charge in [0.2, 0.25) is 0 Å². The summed E-state index contributed by atoms with van der Waals surface area (Å²) in [6.45, 7) is 4.87. The number of nitrogens with zero attached hydrogens (tertiary/aromatic N) is 6. The Labute approximate surface area is 180 Å². The SMILES string of the molecule is Cc1cc(C)n(-c2ccc(NCCNC(=O)c3cc(-c4ccccc4)nn3C)nn2)n1. The Kier molecular flexibility index (Phi) is 5.74. The molecular weight excluding hydrogens is 392 g/mol. The number of anilines is 1. The van der Waals surface area contributed by atoms with Crippen LogP contribution in [0.3, 0.4) is 0 Å². The molecule has 0 saturated carbocycles. The first-order valence-electron chi connectivity index (χ1n) is 10.00. The molecule has 0 fully saturated rings. The molecule has 3 aromatic heterocycles. The number of carbonyl (C=O) groups is 1. The molecule has 0 atom stereocenters. The second-order valence-corrected chi connectivity index (χ2v) is 7.20. The third-order valence-corrected chi connectivity index (χ3v) is 4.78. The summed E-state index contributed by atoms with van der Waals surface area (Å²) in [6.07, 6.45) is 0. The van der Waals surface area contributed by atoms with Crippen LogP contribution in [0.4, 0.5) is 5.82 Å². The Morgan fingerprint density at radius 3 is 2.45 bits per heavy atom. The van der Waals surface area contributed by atoms with Crippen LogP contribution in [0, 0.1) is 13.8 Å². The Bertz CT molecular complexity index is 1180. The zero-order chi connectivity index (χ0) is 21.8. The van der Waals surface area contributed by atoms with Crippen molar-refractivity contribution in [1.29, 1.82) is 0 Å². The van der Waals surface area contributed by atoms with Crippen molar-refractivity contribution in [2.45, 2.75) is 13.8 Å². The van der Waals surface area contributed by atoms with Gasteiger partial charge in [-0.25, -0.2) is 4.68 Å². The smallest absolute Gasteiger partial charge is 0.269 e. The molecule has 0 aliphatic heterocycles. The van der Waals surface area contributed by atoms with Crippen molar-refractivity contribution < 1.29 is 4.79 Å². The molecule has 0 unspecified atom stereocenters. The van der Waals surface area contributed by atoms with Gasteiger partial charge in [0, 0.05) is 31.4 Å². The highest BCUT2D eigenvalue weighted by atomic mass is 16.2. The monoisotopic (exact) mass is 416 g/mol. The minimum Gasteiger partial charge on any atom is -0.367 e. The first-order valence-corrected chi connectivity index (χ1v) is 10.00. The molecule has 4 aromatic rings. The molecule has 0 saturated heterocycles. The summed E-state index contributed by atoms with van der Waals surface area (Å²) in [4.78, 5) is 12.5. The summed E-state index contributed by atoms with van der Waals surface area (Å²) in [7, 11) is 1.76. The quantitative estimate of drug-likeness (QED) is 0.449. The summed E-state index contributed by atoms with van der Waals surface area (Å²) in [5, 5.41) is 23.3. The van der Waals surface area contributed by atoms with Gasteiger partial charge in [0.05, 0.1) is 11.4 Å². The zero-order valence-electron chi connectivity index (χ0n) is 17.7. The van der Waals surface area contributed by atoms with E-state index in [9.17, 15) is 4.79 Å². The van der Waals surface area contributed by atoms with Gasteiger partial charge in [0.15, 0.2) is 5.82 Å². The summed E-state index contributed by atoms with van der Waals surface area (Å²) < 4.78 is 3.35. The number of amides is 1. The number of carbonyl (C=O) groups excluding carboxylic acids is 1. The van der Waals surface area contributed by atoms with E-state index in [2.05, 4.69) is 31.0 Å². The van der Waals surface area contributed by atoms with Gasteiger partial charge in [0.25, 0.3) is 5.91 Å². The molecule has 0 aliphatic carbocycles. The summed E-state index contributed by atoms with van der Waals surface area (Å²) >= 11 is 0. The molecule has 0 spiro atoms. The van der Waals surface area contributed by atoms with Crippen molar-refractivity contribution in [3.63, 3.8) is 0 Å². The Balaban J connectivity index is 1.29. The highest BCUT2D eigenvalue weighted by molar-refractivity contribution is 5.93. The number of hydrogen-bond donors (Lipinski definition) is 2. The van der Waals surface area contributed by atoms with Crippen LogP contribution in [-0.4, -0.2) is 48.8 Å². The van der Waals surface area contributed by atoms with Crippen LogP contribution in [0.5, 0.6) is 0 Å². The molecule has 4 rings (SSSR count). The standard InChI is InChI=1S/C22H24N8O/c1-15-13-16(2)30(27-15)21-10-9-20(25-26-21)23-11-12-24-22(31)19-14-18(28-29(19)3)17-7-5-4-6-8-17/h4-10,13-14H,11-12H2,1-3H3,(H,23,25)(H,24,31). The van der Waals surface area contributed by atoms with Crippen molar-refractivity contribution >= 4 is 11.7 Å². The number of hydrogen-bond acceptors (Lipinski definition) is 6. The third-order valence-electron chi connectivity index (χ3n) is 4.78. The molecule has 9 nitrogen and oxygen atoms in total. The van der Waals surface area contributed by atoms with E-state index in [4.69, 9.17) is 0 Å². The van der Waals surface area contributed by atoms with Gasteiger partial charge < -0.3 is 10.6 Å². The number of rotatable bonds is 7. The Morgan fingerprint density at radius 1 is 0.968 bits per heavy atom. The second-order valence-electron chi connectivity index (χ2n) is 7.20. The maximum absolute atomic E-state index is 12.5. The van der Waals surface area contributed by atoms with E-state index in [0.717, 1.165) is 22.6 Å². The largest absolute Gasteiger partial charge is 0.367 e. The minimum atomic E-state index is -0.176. The summed E-state index contributed by atoms with van der Waals surface area (Å²) in [5.41, 5.74) is 4.18. The Morgan fingerprint density at radius 2 is 1.77 bits per heavy atom. The predicted molar refractivity (Wildman–Crippen MR) is 118 cm³/mol. The fourth-order valence-electron chi connectivity index (χ4n) is 3.28. The van der Waals surface area contributed by atoms with Gasteiger partial charge >= 0.3 is 0 Å². The van der Waals surface area contributed by atoms with Crippen LogP contribution in [0.2, 0.25) is 0 Å². The second kappa shape index (κ2) is 8.78. The lowest BCUT2D eigenvalue weighted by molar-refractivity contribution is 0.0946. The van der Waals surface area contributed by atoms with Crippen LogP contribution < -0.4 is 10.6 Å². The molecule has 3 heterocycles. The zero-order valence-corrected chi connectivity index (χ0v) is 17.7. The predicted octanol–water partition coefficient (Wildman–Crippen LogP) is 2.52. The van der Waals surface area contributed by atoms with Crippen LogP contribution in [0.1, 0.15) is 21.9 Å². The van der Waals surface area contributed by atoms with E-state index < -0.39 is 0 Å². The molecule has 0 radical (unpaired) electrons. The summed E-state index contributed by atoms with van der Waals surface area (Å²) in [6, 6.07) is 17.3. The highest BCUT2D eigenvalue weighted by Crippen LogP contribution is 2.18. The number of aryl methyl sites for hydroxylation is 3. The maximum Gasteiger partial charge on any atom is 0.269 e. The summed E-state index contributed by atoms with van der Waals surface area (Å²) in [5.74, 6) is 1.12. The lowest BCUT2D eigenvalue weighted by Gasteiger charge is -2.08. The lowest BCUT2D eigenvalue weighted by Crippen LogP contribution is -2.30. The van der Waals surface area contributed by atoms with Gasteiger partial charge in [0.1, 0.15) is 11.5 Å². The van der Waals surface area contributed by atoms with Crippen molar-refractivity contribution in [3.8, 4) is 17.1 Å². The van der Waals surface area contributed by atoms with Crippen LogP contribution >= 0.6 is 0 Å². The third kappa shape index (κ3) is 4.61. The average Bonchev–Trinajstić information content (AvgIpc) is 3.33. The van der Waals surface area contributed by atoms with Crippen LogP contribution in [-0.2, 0) is 7.05 Å². The molecule has 1 aromatic carbocycles. The van der Waals surface area contributed by atoms with E-state index in [1.807, 2.05) is 62.4 Å². The van der Waals surface area contributed by atoms with Crippen molar-refractivity contribution in [3.05, 3.63) is 71.7 Å². The highest BCUT2D eigenvalue weighted by Gasteiger charge is 2.13. The number of benzene rings is 1. The van der Waals surface area contributed by atoms with E-state index in [0.29, 0.717) is 30.4 Å². The fraction of sp³-hybridized carbons (Fsp3) is 0.227. The Hall–Kier alpha value is -4.01. The fourth-order valence-corrected chi connectivity index (χ4v) is 3.28. The van der Waals surface area contributed by atoms with E-state index in [-0.39, 0.29) is 5.91 Å². The normalized spacial score (nSPS) is 10.8. The van der Waals surface area contributed by atoms with Gasteiger partial charge in [-0.3, -0.25) is 9.48 Å². The van der Waals surface area contributed by atoms with Gasteiger partial charge in [-0.1, -0.05) is 30.3 Å². The van der Waals surface area contributed by atoms with Gasteiger partial charge in [-0.15, -0.1) is 10.2 Å². The molecule has 0 aliphatic rings. The van der Waals surface area contributed by atoms with Crippen LogP contribution in [0.15, 0.2) is 54.6 Å². The molecule has 1 amide bonds. The molecule has 31 heavy (non-hydrogen) atoms. The van der Waals surface area contributed by atoms with E-state index in [1.165, 1.54) is 0 Å². The minimum absolute atomic E-state index is 0.176. The lowest BCUT2D eigenvalue weighted by atomic mass is 10.1.